The molecule has 4 rings (SSSR count). The van der Waals surface area contributed by atoms with Gasteiger partial charge in [0.05, 0.1) is 11.4 Å². The molecule has 3 amide bonds. The van der Waals surface area contributed by atoms with E-state index in [0.717, 1.165) is 31.2 Å². The van der Waals surface area contributed by atoms with E-state index in [-0.39, 0.29) is 24.1 Å². The SMILES string of the molecule is Cc1ccc(N(C(=O)CNC(=O)c2cccs2)C(C(=O)NC2CCCC2)c2ccccc2F)cc1. The van der Waals surface area contributed by atoms with Crippen molar-refractivity contribution in [3.05, 3.63) is 87.9 Å². The van der Waals surface area contributed by atoms with E-state index >= 15 is 4.39 Å². The molecule has 3 aromatic rings. The predicted octanol–water partition coefficient (Wildman–Crippen LogP) is 4.76. The van der Waals surface area contributed by atoms with Gasteiger partial charge in [0.15, 0.2) is 0 Å². The maximum absolute atomic E-state index is 15.0. The van der Waals surface area contributed by atoms with Gasteiger partial charge in [-0.1, -0.05) is 54.8 Å². The summed E-state index contributed by atoms with van der Waals surface area (Å²) in [4.78, 5) is 41.4. The van der Waals surface area contributed by atoms with Crippen molar-refractivity contribution in [2.24, 2.45) is 0 Å². The summed E-state index contributed by atoms with van der Waals surface area (Å²) in [5.41, 5.74) is 1.52. The first-order valence-corrected chi connectivity index (χ1v) is 12.6. The first kappa shape index (κ1) is 24.6. The monoisotopic (exact) mass is 493 g/mol. The van der Waals surface area contributed by atoms with Crippen LogP contribution >= 0.6 is 11.3 Å². The summed E-state index contributed by atoms with van der Waals surface area (Å²) in [5.74, 6) is -1.92. The van der Waals surface area contributed by atoms with Gasteiger partial charge in [-0.05, 0) is 49.4 Å². The topological polar surface area (TPSA) is 78.5 Å². The summed E-state index contributed by atoms with van der Waals surface area (Å²) in [5, 5.41) is 7.43. The van der Waals surface area contributed by atoms with Crippen LogP contribution in [-0.4, -0.2) is 30.3 Å². The minimum atomic E-state index is -1.23. The van der Waals surface area contributed by atoms with Crippen molar-refractivity contribution in [2.75, 3.05) is 11.4 Å². The zero-order chi connectivity index (χ0) is 24.8. The molecule has 1 aliphatic carbocycles. The Morgan fingerprint density at radius 1 is 1.03 bits per heavy atom. The van der Waals surface area contributed by atoms with E-state index in [9.17, 15) is 14.4 Å². The van der Waals surface area contributed by atoms with Gasteiger partial charge in [0.25, 0.3) is 5.91 Å². The zero-order valence-electron chi connectivity index (χ0n) is 19.5. The Balaban J connectivity index is 1.69. The first-order chi connectivity index (χ1) is 16.9. The number of halogens is 1. The second kappa shape index (κ2) is 11.3. The quantitative estimate of drug-likeness (QED) is 0.475. The number of carbonyl (C=O) groups is 3. The third kappa shape index (κ3) is 5.95. The number of hydrogen-bond donors (Lipinski definition) is 2. The molecule has 2 N–H and O–H groups in total. The van der Waals surface area contributed by atoms with Crippen LogP contribution in [0.2, 0.25) is 0 Å². The molecular formula is C27H28FN3O3S. The van der Waals surface area contributed by atoms with Crippen LogP contribution in [0.15, 0.2) is 66.0 Å². The lowest BCUT2D eigenvalue weighted by Crippen LogP contribution is -2.49. The lowest BCUT2D eigenvalue weighted by molar-refractivity contribution is -0.126. The fourth-order valence-electron chi connectivity index (χ4n) is 4.32. The largest absolute Gasteiger partial charge is 0.351 e. The van der Waals surface area contributed by atoms with Gasteiger partial charge in [-0.15, -0.1) is 11.3 Å². The van der Waals surface area contributed by atoms with Crippen LogP contribution in [0.5, 0.6) is 0 Å². The van der Waals surface area contributed by atoms with Crippen LogP contribution in [0.4, 0.5) is 10.1 Å². The highest BCUT2D eigenvalue weighted by Crippen LogP contribution is 2.31. The lowest BCUT2D eigenvalue weighted by atomic mass is 10.0. The molecular weight excluding hydrogens is 465 g/mol. The fraction of sp³-hybridized carbons (Fsp3) is 0.296. The van der Waals surface area contributed by atoms with E-state index in [1.54, 1.807) is 41.8 Å². The van der Waals surface area contributed by atoms with Gasteiger partial charge in [0, 0.05) is 17.3 Å². The zero-order valence-corrected chi connectivity index (χ0v) is 20.3. The van der Waals surface area contributed by atoms with Gasteiger partial charge >= 0.3 is 0 Å². The standard InChI is InChI=1S/C27H28FN3O3S/c1-18-12-14-20(15-13-18)31(24(32)17-29-26(33)23-11-6-16-35-23)25(21-9-4-5-10-22(21)28)27(34)30-19-7-2-3-8-19/h4-6,9-16,19,25H,2-3,7-8,17H2,1H3,(H,29,33)(H,30,34). The van der Waals surface area contributed by atoms with Gasteiger partial charge < -0.3 is 10.6 Å². The molecule has 0 bridgehead atoms. The Morgan fingerprint density at radius 3 is 2.40 bits per heavy atom. The molecule has 1 unspecified atom stereocenters. The second-order valence-electron chi connectivity index (χ2n) is 8.67. The van der Waals surface area contributed by atoms with E-state index in [1.165, 1.54) is 28.4 Å². The number of benzene rings is 2. The van der Waals surface area contributed by atoms with E-state index in [2.05, 4.69) is 10.6 Å². The maximum Gasteiger partial charge on any atom is 0.261 e. The second-order valence-corrected chi connectivity index (χ2v) is 9.62. The molecule has 8 heteroatoms. The number of carbonyl (C=O) groups excluding carboxylic acids is 3. The lowest BCUT2D eigenvalue weighted by Gasteiger charge is -2.32. The Hall–Kier alpha value is -3.52. The molecule has 0 spiro atoms. The van der Waals surface area contributed by atoms with Crippen LogP contribution < -0.4 is 15.5 Å². The van der Waals surface area contributed by atoms with Gasteiger partial charge in [-0.25, -0.2) is 4.39 Å². The number of amides is 3. The van der Waals surface area contributed by atoms with Crippen LogP contribution in [0.25, 0.3) is 0 Å². The van der Waals surface area contributed by atoms with Crippen molar-refractivity contribution in [3.63, 3.8) is 0 Å². The molecule has 1 heterocycles. The number of anilines is 1. The molecule has 1 aromatic heterocycles. The van der Waals surface area contributed by atoms with Gasteiger partial charge in [-0.2, -0.15) is 0 Å². The maximum atomic E-state index is 15.0. The van der Waals surface area contributed by atoms with Crippen LogP contribution in [-0.2, 0) is 9.59 Å². The highest BCUT2D eigenvalue weighted by molar-refractivity contribution is 7.12. The van der Waals surface area contributed by atoms with E-state index in [1.807, 2.05) is 19.1 Å². The number of nitrogens with one attached hydrogen (secondary N) is 2. The molecule has 0 radical (unpaired) electrons. The summed E-state index contributed by atoms with van der Waals surface area (Å²) in [7, 11) is 0. The highest BCUT2D eigenvalue weighted by Gasteiger charge is 2.35. The average molecular weight is 494 g/mol. The van der Waals surface area contributed by atoms with Crippen molar-refractivity contribution in [1.82, 2.24) is 10.6 Å². The smallest absolute Gasteiger partial charge is 0.261 e. The third-order valence-corrected chi connectivity index (χ3v) is 7.00. The number of nitrogens with zero attached hydrogens (tertiary/aromatic N) is 1. The molecule has 1 aliphatic rings. The normalized spacial score (nSPS) is 14.3. The Bertz CT molecular complexity index is 1170. The Labute approximate surface area is 208 Å². The number of aryl methyl sites for hydroxylation is 1. The molecule has 182 valence electrons. The molecule has 0 aliphatic heterocycles. The molecule has 1 saturated carbocycles. The molecule has 2 aromatic carbocycles. The predicted molar refractivity (Wildman–Crippen MR) is 135 cm³/mol. The first-order valence-electron chi connectivity index (χ1n) is 11.7. The minimum Gasteiger partial charge on any atom is -0.351 e. The minimum absolute atomic E-state index is 0.00900. The van der Waals surface area contributed by atoms with E-state index < -0.39 is 23.7 Å². The van der Waals surface area contributed by atoms with Gasteiger partial charge in [0.1, 0.15) is 11.9 Å². The van der Waals surface area contributed by atoms with Crippen molar-refractivity contribution in [3.8, 4) is 0 Å². The van der Waals surface area contributed by atoms with Crippen molar-refractivity contribution < 1.29 is 18.8 Å². The molecule has 1 fully saturated rings. The summed E-state index contributed by atoms with van der Waals surface area (Å²) in [6.45, 7) is 1.57. The Kier molecular flexibility index (Phi) is 7.92. The summed E-state index contributed by atoms with van der Waals surface area (Å²) >= 11 is 1.27. The van der Waals surface area contributed by atoms with Crippen LogP contribution in [0, 0.1) is 12.7 Å². The van der Waals surface area contributed by atoms with Crippen molar-refractivity contribution in [2.45, 2.75) is 44.7 Å². The molecule has 0 saturated heterocycles. The van der Waals surface area contributed by atoms with Crippen LogP contribution in [0.1, 0.15) is 52.5 Å². The number of hydrogen-bond acceptors (Lipinski definition) is 4. The Morgan fingerprint density at radius 2 is 1.74 bits per heavy atom. The summed E-state index contributed by atoms with van der Waals surface area (Å²) in [6, 6.07) is 15.3. The average Bonchev–Trinajstić information content (AvgIpc) is 3.57. The number of rotatable bonds is 8. The van der Waals surface area contributed by atoms with Crippen molar-refractivity contribution in [1.29, 1.82) is 0 Å². The van der Waals surface area contributed by atoms with E-state index in [4.69, 9.17) is 0 Å². The van der Waals surface area contributed by atoms with E-state index in [0.29, 0.717) is 10.6 Å². The molecule has 35 heavy (non-hydrogen) atoms. The summed E-state index contributed by atoms with van der Waals surface area (Å²) < 4.78 is 15.0. The fourth-order valence-corrected chi connectivity index (χ4v) is 4.96. The summed E-state index contributed by atoms with van der Waals surface area (Å²) in [6.07, 6.45) is 3.74. The van der Waals surface area contributed by atoms with Crippen molar-refractivity contribution >= 4 is 34.7 Å². The van der Waals surface area contributed by atoms with Gasteiger partial charge in [0.2, 0.25) is 11.8 Å². The number of thiophene rings is 1. The molecule has 6 nitrogen and oxygen atoms in total. The van der Waals surface area contributed by atoms with Crippen LogP contribution in [0.3, 0.4) is 0 Å². The molecule has 1 atom stereocenters. The highest BCUT2D eigenvalue weighted by atomic mass is 32.1. The van der Waals surface area contributed by atoms with Gasteiger partial charge in [-0.3, -0.25) is 19.3 Å². The third-order valence-electron chi connectivity index (χ3n) is 6.13.